The molecule has 0 saturated heterocycles. The van der Waals surface area contributed by atoms with Crippen LogP contribution in [0.15, 0.2) is 24.3 Å². The molecule has 4 nitrogen and oxygen atoms in total. The van der Waals surface area contributed by atoms with Crippen molar-refractivity contribution < 1.29 is 13.2 Å². The molecule has 0 fully saturated rings. The molecular weight excluding hydrogens is 281 g/mol. The number of nitrogens with two attached hydrogens (primary N) is 1. The third kappa shape index (κ3) is 2.92. The predicted octanol–water partition coefficient (Wildman–Crippen LogP) is 2.68. The summed E-state index contributed by atoms with van der Waals surface area (Å²) in [7, 11) is 0. The van der Waals surface area contributed by atoms with Crippen LogP contribution in [0.5, 0.6) is 0 Å². The van der Waals surface area contributed by atoms with Gasteiger partial charge in [0.25, 0.3) is 0 Å². The van der Waals surface area contributed by atoms with E-state index in [1.807, 2.05) is 0 Å². The Balaban J connectivity index is 1.78. The number of nitrogens with zero attached hydrogens (tertiary/aromatic N) is 3. The van der Waals surface area contributed by atoms with Gasteiger partial charge in [-0.15, -0.1) is 0 Å². The Morgan fingerprint density at radius 3 is 2.57 bits per heavy atom. The third-order valence-electron chi connectivity index (χ3n) is 3.60. The minimum atomic E-state index is -4.31. The van der Waals surface area contributed by atoms with Crippen LogP contribution in [-0.2, 0) is 19.1 Å². The van der Waals surface area contributed by atoms with E-state index in [4.69, 9.17) is 5.73 Å². The van der Waals surface area contributed by atoms with Crippen molar-refractivity contribution in [2.75, 3.05) is 0 Å². The largest absolute Gasteiger partial charge is 0.416 e. The molecule has 1 aromatic heterocycles. The molecule has 3 rings (SSSR count). The summed E-state index contributed by atoms with van der Waals surface area (Å²) in [5, 5.41) is 4.37. The van der Waals surface area contributed by atoms with Crippen LogP contribution in [-0.4, -0.2) is 14.8 Å². The number of halogens is 3. The van der Waals surface area contributed by atoms with Crippen molar-refractivity contribution in [3.63, 3.8) is 0 Å². The Morgan fingerprint density at radius 2 is 1.95 bits per heavy atom. The molecule has 1 aromatic carbocycles. The number of aryl methyl sites for hydroxylation is 1. The van der Waals surface area contributed by atoms with Gasteiger partial charge in [0.1, 0.15) is 5.82 Å². The summed E-state index contributed by atoms with van der Waals surface area (Å²) in [5.74, 6) is 1.37. The highest BCUT2D eigenvalue weighted by atomic mass is 19.4. The van der Waals surface area contributed by atoms with Crippen LogP contribution in [0, 0.1) is 0 Å². The number of aromatic nitrogens is 3. The zero-order chi connectivity index (χ0) is 15.0. The van der Waals surface area contributed by atoms with E-state index in [9.17, 15) is 13.2 Å². The fourth-order valence-electron chi connectivity index (χ4n) is 2.50. The van der Waals surface area contributed by atoms with Crippen molar-refractivity contribution in [1.82, 2.24) is 14.8 Å². The van der Waals surface area contributed by atoms with Gasteiger partial charge in [0.05, 0.1) is 11.6 Å². The highest BCUT2D eigenvalue weighted by Crippen LogP contribution is 2.29. The fraction of sp³-hybridized carbons (Fsp3) is 0.429. The molecule has 2 heterocycles. The predicted molar refractivity (Wildman–Crippen MR) is 70.4 cm³/mol. The van der Waals surface area contributed by atoms with E-state index in [1.54, 1.807) is 4.68 Å². The van der Waals surface area contributed by atoms with E-state index in [2.05, 4.69) is 10.1 Å². The van der Waals surface area contributed by atoms with Crippen molar-refractivity contribution >= 4 is 0 Å². The average molecular weight is 296 g/mol. The number of fused-ring (bicyclic) bond motifs is 1. The lowest BCUT2D eigenvalue weighted by molar-refractivity contribution is -0.137. The highest BCUT2D eigenvalue weighted by molar-refractivity contribution is 5.26. The molecule has 1 atom stereocenters. The van der Waals surface area contributed by atoms with E-state index in [0.717, 1.165) is 42.9 Å². The van der Waals surface area contributed by atoms with Crippen molar-refractivity contribution in [2.24, 2.45) is 5.73 Å². The minimum absolute atomic E-state index is 0.104. The van der Waals surface area contributed by atoms with Crippen LogP contribution >= 0.6 is 0 Å². The summed E-state index contributed by atoms with van der Waals surface area (Å²) in [6.45, 7) is 0.795. The first kappa shape index (κ1) is 14.1. The summed E-state index contributed by atoms with van der Waals surface area (Å²) in [6, 6.07) is 4.98. The molecule has 1 aliphatic heterocycles. The van der Waals surface area contributed by atoms with Crippen molar-refractivity contribution in [3.05, 3.63) is 47.0 Å². The van der Waals surface area contributed by atoms with Crippen LogP contribution in [0.2, 0.25) is 0 Å². The maximum Gasteiger partial charge on any atom is 0.416 e. The van der Waals surface area contributed by atoms with Gasteiger partial charge in [0.15, 0.2) is 5.82 Å². The molecule has 0 saturated carbocycles. The molecule has 0 spiro atoms. The average Bonchev–Trinajstić information content (AvgIpc) is 2.82. The van der Waals surface area contributed by atoms with Crippen molar-refractivity contribution in [2.45, 2.75) is 38.0 Å². The van der Waals surface area contributed by atoms with E-state index < -0.39 is 11.7 Å². The standard InChI is InChI=1S/C14H15F3N4/c15-14(16,17)10-5-3-9(4-6-10)8-12-19-13-11(18)2-1-7-21(13)20-12/h3-6,11H,1-2,7-8,18H2. The fourth-order valence-corrected chi connectivity index (χ4v) is 2.50. The second kappa shape index (κ2) is 5.14. The Hall–Kier alpha value is -1.89. The smallest absolute Gasteiger partial charge is 0.321 e. The van der Waals surface area contributed by atoms with Gasteiger partial charge in [-0.3, -0.25) is 0 Å². The summed E-state index contributed by atoms with van der Waals surface area (Å²) in [4.78, 5) is 4.40. The molecule has 0 bridgehead atoms. The lowest BCUT2D eigenvalue weighted by Crippen LogP contribution is -2.22. The van der Waals surface area contributed by atoms with Crippen molar-refractivity contribution in [3.8, 4) is 0 Å². The number of alkyl halides is 3. The number of hydrogen-bond donors (Lipinski definition) is 1. The lowest BCUT2D eigenvalue weighted by Gasteiger charge is -2.17. The summed E-state index contributed by atoms with van der Waals surface area (Å²) < 4.78 is 39.3. The zero-order valence-corrected chi connectivity index (χ0v) is 11.3. The van der Waals surface area contributed by atoms with Gasteiger partial charge >= 0.3 is 6.18 Å². The van der Waals surface area contributed by atoms with E-state index in [1.165, 1.54) is 12.1 Å². The molecule has 0 amide bonds. The van der Waals surface area contributed by atoms with Crippen LogP contribution in [0.3, 0.4) is 0 Å². The highest BCUT2D eigenvalue weighted by Gasteiger charge is 2.30. The SMILES string of the molecule is NC1CCCn2nc(Cc3ccc(C(F)(F)F)cc3)nc21. The second-order valence-corrected chi connectivity index (χ2v) is 5.23. The Bertz CT molecular complexity index is 631. The normalized spacial score (nSPS) is 18.6. The first-order chi connectivity index (χ1) is 9.93. The van der Waals surface area contributed by atoms with E-state index >= 15 is 0 Å². The number of hydrogen-bond acceptors (Lipinski definition) is 3. The van der Waals surface area contributed by atoms with Gasteiger partial charge in [-0.1, -0.05) is 12.1 Å². The molecule has 2 N–H and O–H groups in total. The second-order valence-electron chi connectivity index (χ2n) is 5.23. The molecule has 0 aliphatic carbocycles. The molecule has 1 aliphatic rings. The topological polar surface area (TPSA) is 56.7 Å². The lowest BCUT2D eigenvalue weighted by atomic mass is 10.1. The van der Waals surface area contributed by atoms with Gasteiger partial charge < -0.3 is 5.73 Å². The molecule has 2 aromatic rings. The Kier molecular flexibility index (Phi) is 3.44. The van der Waals surface area contributed by atoms with Gasteiger partial charge in [-0.2, -0.15) is 18.3 Å². The number of rotatable bonds is 2. The first-order valence-electron chi connectivity index (χ1n) is 6.79. The van der Waals surface area contributed by atoms with Gasteiger partial charge in [-0.25, -0.2) is 9.67 Å². The first-order valence-corrected chi connectivity index (χ1v) is 6.79. The molecule has 1 unspecified atom stereocenters. The molecular formula is C14H15F3N4. The Morgan fingerprint density at radius 1 is 1.24 bits per heavy atom. The van der Waals surface area contributed by atoms with Gasteiger partial charge in [0, 0.05) is 13.0 Å². The van der Waals surface area contributed by atoms with Gasteiger partial charge in [0.2, 0.25) is 0 Å². The van der Waals surface area contributed by atoms with E-state index in [-0.39, 0.29) is 6.04 Å². The molecule has 0 radical (unpaired) electrons. The molecule has 7 heteroatoms. The summed E-state index contributed by atoms with van der Waals surface area (Å²) in [5.41, 5.74) is 6.07. The van der Waals surface area contributed by atoms with Crippen LogP contribution in [0.1, 0.15) is 41.7 Å². The monoisotopic (exact) mass is 296 g/mol. The van der Waals surface area contributed by atoms with E-state index in [0.29, 0.717) is 12.2 Å². The van der Waals surface area contributed by atoms with Gasteiger partial charge in [-0.05, 0) is 30.5 Å². The minimum Gasteiger partial charge on any atom is -0.321 e. The van der Waals surface area contributed by atoms with Crippen LogP contribution < -0.4 is 5.73 Å². The summed E-state index contributed by atoms with van der Waals surface area (Å²) >= 11 is 0. The Labute approximate surface area is 119 Å². The third-order valence-corrected chi connectivity index (χ3v) is 3.60. The maximum atomic E-state index is 12.5. The molecule has 112 valence electrons. The zero-order valence-electron chi connectivity index (χ0n) is 11.3. The number of benzene rings is 1. The van der Waals surface area contributed by atoms with Crippen LogP contribution in [0.25, 0.3) is 0 Å². The summed E-state index contributed by atoms with van der Waals surface area (Å²) in [6.07, 6.45) is -2.04. The van der Waals surface area contributed by atoms with Crippen LogP contribution in [0.4, 0.5) is 13.2 Å². The molecule has 21 heavy (non-hydrogen) atoms. The quantitative estimate of drug-likeness (QED) is 0.927. The maximum absolute atomic E-state index is 12.5. The van der Waals surface area contributed by atoms with Crippen molar-refractivity contribution in [1.29, 1.82) is 0 Å².